The molecule has 2 aliphatic carbocycles. The van der Waals surface area contributed by atoms with Crippen LogP contribution in [0.1, 0.15) is 60.8 Å². The van der Waals surface area contributed by atoms with Crippen molar-refractivity contribution in [3.8, 4) is 22.3 Å². The first-order valence-corrected chi connectivity index (χ1v) is 19.9. The molecule has 6 atom stereocenters. The zero-order valence-corrected chi connectivity index (χ0v) is 32.9. The second-order valence-corrected chi connectivity index (χ2v) is 16.7. The van der Waals surface area contributed by atoms with Crippen LogP contribution in [0.25, 0.3) is 22.3 Å². The van der Waals surface area contributed by atoms with Crippen molar-refractivity contribution in [1.29, 1.82) is 0 Å². The minimum Gasteiger partial charge on any atom is -0.399 e. The molecule has 4 aromatic carbocycles. The predicted molar refractivity (Wildman–Crippen MR) is 206 cm³/mol. The molecule has 2 heterocycles. The average Bonchev–Trinajstić information content (AvgIpc) is 3.61. The number of carbonyl (C=O) groups excluding carboxylic acids is 4. The molecule has 4 amide bonds. The third-order valence-corrected chi connectivity index (χ3v) is 13.0. The number of hydrogen-bond donors (Lipinski definition) is 2. The number of carbonyl (C=O) groups is 4. The van der Waals surface area contributed by atoms with E-state index in [0.717, 1.165) is 48.5 Å². The van der Waals surface area contributed by atoms with Crippen molar-refractivity contribution in [2.24, 2.45) is 35.5 Å². The lowest BCUT2D eigenvalue weighted by molar-refractivity contribution is -0.139. The molecule has 4 fully saturated rings. The Morgan fingerprint density at radius 2 is 0.672 bits per heavy atom. The summed E-state index contributed by atoms with van der Waals surface area (Å²) >= 11 is 0. The van der Waals surface area contributed by atoms with Gasteiger partial charge in [0, 0.05) is 11.4 Å². The van der Waals surface area contributed by atoms with Gasteiger partial charge in [-0.2, -0.15) is 52.7 Å². The molecule has 338 valence electrons. The van der Waals surface area contributed by atoms with Gasteiger partial charge < -0.3 is 11.5 Å². The third kappa shape index (κ3) is 7.71. The van der Waals surface area contributed by atoms with Crippen molar-refractivity contribution < 1.29 is 71.9 Å². The van der Waals surface area contributed by atoms with E-state index in [2.05, 4.69) is 0 Å². The van der Waals surface area contributed by atoms with E-state index in [1.807, 2.05) is 0 Å². The van der Waals surface area contributed by atoms with E-state index in [9.17, 15) is 71.9 Å². The summed E-state index contributed by atoms with van der Waals surface area (Å²) in [4.78, 5) is 56.4. The van der Waals surface area contributed by atoms with Crippen LogP contribution in [0.3, 0.4) is 0 Å². The van der Waals surface area contributed by atoms with Gasteiger partial charge in [0.2, 0.25) is 23.6 Å². The highest BCUT2D eigenvalue weighted by atomic mass is 19.4. The fourth-order valence-electron chi connectivity index (χ4n) is 10.1. The molecule has 4 aliphatic rings. The molecule has 2 saturated carbocycles. The number of benzene rings is 4. The molecule has 0 aromatic heterocycles. The van der Waals surface area contributed by atoms with Crippen molar-refractivity contribution in [2.45, 2.75) is 63.2 Å². The Bertz CT molecular complexity index is 2430. The second kappa shape index (κ2) is 15.3. The topological polar surface area (TPSA) is 127 Å². The fraction of sp³-hybridized carbons (Fsp3) is 0.364. The zero-order valence-electron chi connectivity index (χ0n) is 32.9. The summed E-state index contributed by atoms with van der Waals surface area (Å²) in [6.07, 6.45) is -19.5. The Labute approximate surface area is 355 Å². The molecule has 20 heteroatoms. The van der Waals surface area contributed by atoms with E-state index in [1.165, 1.54) is 0 Å². The Morgan fingerprint density at radius 1 is 0.391 bits per heavy atom. The number of amides is 4. The second-order valence-electron chi connectivity index (χ2n) is 16.7. The number of halogens is 12. The average molecular weight is 911 g/mol. The van der Waals surface area contributed by atoms with Crippen molar-refractivity contribution in [3.05, 3.63) is 95.1 Å². The molecule has 0 bridgehead atoms. The van der Waals surface area contributed by atoms with Crippen molar-refractivity contribution in [2.75, 3.05) is 21.3 Å². The molecule has 8 rings (SSSR count). The highest BCUT2D eigenvalue weighted by Crippen LogP contribution is 2.53. The predicted octanol–water partition coefficient (Wildman–Crippen LogP) is 10.8. The molecule has 2 aliphatic heterocycles. The van der Waals surface area contributed by atoms with Crippen LogP contribution in [0, 0.1) is 35.5 Å². The minimum absolute atomic E-state index is 0.0751. The van der Waals surface area contributed by atoms with E-state index < -0.39 is 128 Å². The van der Waals surface area contributed by atoms with Gasteiger partial charge in [-0.05, 0) is 121 Å². The first-order chi connectivity index (χ1) is 29.8. The van der Waals surface area contributed by atoms with E-state index in [0.29, 0.717) is 46.9 Å². The summed E-state index contributed by atoms with van der Waals surface area (Å²) in [5.41, 5.74) is 0.0636. The highest BCUT2D eigenvalue weighted by Gasteiger charge is 2.56. The Kier molecular flexibility index (Phi) is 10.6. The lowest BCUT2D eigenvalue weighted by Gasteiger charge is -2.38. The van der Waals surface area contributed by atoms with E-state index in [1.54, 1.807) is 0 Å². The van der Waals surface area contributed by atoms with E-state index in [4.69, 9.17) is 11.5 Å². The molecule has 4 aromatic rings. The molecule has 0 radical (unpaired) electrons. The number of nitrogen functional groups attached to an aromatic ring is 2. The number of hydrogen-bond acceptors (Lipinski definition) is 6. The molecule has 4 N–H and O–H groups in total. The van der Waals surface area contributed by atoms with Gasteiger partial charge >= 0.3 is 24.7 Å². The number of fused-ring (bicyclic) bond motifs is 2. The van der Waals surface area contributed by atoms with Gasteiger partial charge in [-0.3, -0.25) is 29.0 Å². The van der Waals surface area contributed by atoms with Gasteiger partial charge in [-0.1, -0.05) is 24.3 Å². The van der Waals surface area contributed by atoms with Gasteiger partial charge in [0.15, 0.2) is 0 Å². The molecular weight excluding hydrogens is 876 g/mol. The summed E-state index contributed by atoms with van der Waals surface area (Å²) in [7, 11) is 0. The first-order valence-electron chi connectivity index (χ1n) is 19.9. The van der Waals surface area contributed by atoms with E-state index in [-0.39, 0.29) is 48.9 Å². The third-order valence-electron chi connectivity index (χ3n) is 13.0. The van der Waals surface area contributed by atoms with E-state index >= 15 is 0 Å². The largest absolute Gasteiger partial charge is 0.417 e. The quantitative estimate of drug-likeness (QED) is 0.117. The molecular formula is C44H34F12N4O4. The maximum absolute atomic E-state index is 14.5. The lowest BCUT2D eigenvalue weighted by Crippen LogP contribution is -2.35. The van der Waals surface area contributed by atoms with Crippen molar-refractivity contribution in [1.82, 2.24) is 0 Å². The summed E-state index contributed by atoms with van der Waals surface area (Å²) in [5.74, 6) is -7.72. The maximum atomic E-state index is 14.5. The number of nitrogens with two attached hydrogens (primary N) is 2. The number of rotatable bonds is 5. The Balaban J connectivity index is 1.02. The molecule has 8 nitrogen and oxygen atoms in total. The smallest absolute Gasteiger partial charge is 0.399 e. The van der Waals surface area contributed by atoms with Gasteiger partial charge in [0.1, 0.15) is 0 Å². The van der Waals surface area contributed by atoms with Crippen LogP contribution < -0.4 is 21.3 Å². The summed E-state index contributed by atoms with van der Waals surface area (Å²) in [6.45, 7) is 0. The molecule has 2 saturated heterocycles. The van der Waals surface area contributed by atoms with Crippen LogP contribution in [0.5, 0.6) is 0 Å². The van der Waals surface area contributed by atoms with Crippen molar-refractivity contribution >= 4 is 46.4 Å². The zero-order chi connectivity index (χ0) is 46.6. The number of alkyl halides is 12. The number of anilines is 4. The highest BCUT2D eigenvalue weighted by molar-refractivity contribution is 6.23. The van der Waals surface area contributed by atoms with Crippen LogP contribution in [-0.4, -0.2) is 23.6 Å². The number of imide groups is 2. The minimum atomic E-state index is -5.23. The van der Waals surface area contributed by atoms with Gasteiger partial charge in [-0.15, -0.1) is 0 Å². The van der Waals surface area contributed by atoms with Crippen molar-refractivity contribution in [3.63, 3.8) is 0 Å². The SMILES string of the molecule is Nc1ccc(-c2ccc(N3C(=O)C4CCC(C5CCC6C(=O)N(c7ccc(-c8ccc(N)cc8C(F)(F)F)c(C(F)(F)F)c7)C(=O)C6C5)CC4C3=O)cc2C(F)(F)F)c(C(F)(F)F)c1. The van der Waals surface area contributed by atoms with Crippen LogP contribution in [-0.2, 0) is 43.9 Å². The summed E-state index contributed by atoms with van der Waals surface area (Å²) in [5, 5.41) is 0. The number of nitrogens with zero attached hydrogens (tertiary/aromatic N) is 2. The van der Waals surface area contributed by atoms with Gasteiger partial charge in [0.25, 0.3) is 0 Å². The van der Waals surface area contributed by atoms with Crippen LogP contribution in [0.15, 0.2) is 72.8 Å². The van der Waals surface area contributed by atoms with Crippen LogP contribution >= 0.6 is 0 Å². The molecule has 0 spiro atoms. The lowest BCUT2D eigenvalue weighted by atomic mass is 9.64. The summed E-state index contributed by atoms with van der Waals surface area (Å²) < 4.78 is 171. The standard InChI is InChI=1S/C44H34F12N4O4/c45-41(46,47)33-15-21(57)3-9-25(33)27-11-5-23(17-35(27)43(51,52)53)59-37(61)29-7-1-19(13-31(29)39(59)63)20-2-8-30-32(14-20)40(64)60(38(30)62)24-6-12-28(36(18-24)44(54,55)56)26-10-4-22(58)16-34(26)42(48,49)50/h3-6,9-12,15-20,29-32H,1-2,7-8,13-14,57-58H2. The van der Waals surface area contributed by atoms with Crippen LogP contribution in [0.2, 0.25) is 0 Å². The summed E-state index contributed by atoms with van der Waals surface area (Å²) in [6, 6.07) is 8.95. The van der Waals surface area contributed by atoms with Gasteiger partial charge in [-0.25, -0.2) is 0 Å². The molecule has 6 unspecified atom stereocenters. The maximum Gasteiger partial charge on any atom is 0.417 e. The first kappa shape index (κ1) is 44.5. The van der Waals surface area contributed by atoms with Crippen LogP contribution in [0.4, 0.5) is 75.4 Å². The fourth-order valence-corrected chi connectivity index (χ4v) is 10.1. The Hall–Kier alpha value is -6.08. The molecule has 64 heavy (non-hydrogen) atoms. The Morgan fingerprint density at radius 3 is 0.984 bits per heavy atom. The normalized spacial score (nSPS) is 24.4. The monoisotopic (exact) mass is 910 g/mol. The van der Waals surface area contributed by atoms with Gasteiger partial charge in [0.05, 0.1) is 57.3 Å².